The van der Waals surface area contributed by atoms with Gasteiger partial charge in [-0.2, -0.15) is 0 Å². The lowest BCUT2D eigenvalue weighted by Gasteiger charge is -2.08. The molecule has 3 rings (SSSR count). The van der Waals surface area contributed by atoms with Crippen LogP contribution in [0.2, 0.25) is 0 Å². The summed E-state index contributed by atoms with van der Waals surface area (Å²) in [5.74, 6) is 1.12. The maximum absolute atomic E-state index is 9.29. The Morgan fingerprint density at radius 2 is 2.00 bits per heavy atom. The maximum Gasteiger partial charge on any atom is 0.219 e. The van der Waals surface area contributed by atoms with Crippen molar-refractivity contribution in [2.75, 3.05) is 0 Å². The maximum atomic E-state index is 9.29. The van der Waals surface area contributed by atoms with Gasteiger partial charge in [-0.1, -0.05) is 25.1 Å². The third-order valence-electron chi connectivity index (χ3n) is 3.25. The number of aromatic nitrogens is 2. The lowest BCUT2D eigenvalue weighted by molar-refractivity contribution is 0.281. The van der Waals surface area contributed by atoms with E-state index < -0.39 is 0 Å². The second kappa shape index (κ2) is 5.89. The van der Waals surface area contributed by atoms with E-state index in [1.54, 1.807) is 12.3 Å². The Morgan fingerprint density at radius 1 is 1.14 bits per heavy atom. The van der Waals surface area contributed by atoms with Crippen molar-refractivity contribution in [3.8, 4) is 11.6 Å². The number of pyridine rings is 2. The average molecular weight is 280 g/mol. The second-order valence-electron chi connectivity index (χ2n) is 4.78. The topological polar surface area (TPSA) is 55.2 Å². The van der Waals surface area contributed by atoms with Gasteiger partial charge in [-0.25, -0.2) is 4.98 Å². The van der Waals surface area contributed by atoms with Gasteiger partial charge in [0.15, 0.2) is 0 Å². The van der Waals surface area contributed by atoms with Crippen LogP contribution in [0.15, 0.2) is 48.7 Å². The lowest BCUT2D eigenvalue weighted by atomic mass is 10.2. The molecule has 4 heteroatoms. The molecule has 0 aliphatic heterocycles. The highest BCUT2D eigenvalue weighted by Gasteiger charge is 2.05. The van der Waals surface area contributed by atoms with E-state index in [1.165, 1.54) is 0 Å². The van der Waals surface area contributed by atoms with Crippen molar-refractivity contribution in [1.29, 1.82) is 0 Å². The molecule has 0 saturated carbocycles. The summed E-state index contributed by atoms with van der Waals surface area (Å²) in [4.78, 5) is 8.77. The zero-order chi connectivity index (χ0) is 14.7. The van der Waals surface area contributed by atoms with Crippen LogP contribution in [0.3, 0.4) is 0 Å². The normalized spacial score (nSPS) is 10.8. The predicted molar refractivity (Wildman–Crippen MR) is 81.4 cm³/mol. The summed E-state index contributed by atoms with van der Waals surface area (Å²) in [6.07, 6.45) is 2.47. The number of benzene rings is 1. The molecule has 1 N–H and O–H groups in total. The van der Waals surface area contributed by atoms with Crippen LogP contribution in [-0.2, 0) is 13.0 Å². The third kappa shape index (κ3) is 3.01. The molecule has 106 valence electrons. The van der Waals surface area contributed by atoms with Crippen molar-refractivity contribution in [1.82, 2.24) is 9.97 Å². The zero-order valence-electron chi connectivity index (χ0n) is 11.8. The summed E-state index contributed by atoms with van der Waals surface area (Å²) in [5, 5.41) is 10.3. The van der Waals surface area contributed by atoms with Gasteiger partial charge in [-0.3, -0.25) is 4.98 Å². The highest BCUT2D eigenvalue weighted by atomic mass is 16.5. The number of aryl methyl sites for hydroxylation is 1. The zero-order valence-corrected chi connectivity index (χ0v) is 11.8. The Morgan fingerprint density at radius 3 is 2.81 bits per heavy atom. The molecule has 4 nitrogen and oxygen atoms in total. The summed E-state index contributed by atoms with van der Waals surface area (Å²) < 4.78 is 5.79. The van der Waals surface area contributed by atoms with E-state index in [2.05, 4.69) is 9.97 Å². The number of aliphatic hydroxyl groups is 1. The Hall–Kier alpha value is -2.46. The van der Waals surface area contributed by atoms with Crippen LogP contribution in [0, 0.1) is 0 Å². The molecule has 0 aliphatic carbocycles. The lowest BCUT2D eigenvalue weighted by Crippen LogP contribution is -1.96. The fourth-order valence-electron chi connectivity index (χ4n) is 2.17. The number of hydrogen-bond donors (Lipinski definition) is 1. The van der Waals surface area contributed by atoms with Crippen LogP contribution >= 0.6 is 0 Å². The fourth-order valence-corrected chi connectivity index (χ4v) is 2.17. The van der Waals surface area contributed by atoms with Crippen molar-refractivity contribution in [3.05, 3.63) is 59.9 Å². The van der Waals surface area contributed by atoms with Crippen LogP contribution in [-0.4, -0.2) is 15.1 Å². The summed E-state index contributed by atoms with van der Waals surface area (Å²) in [5.41, 5.74) is 2.62. The molecule has 2 aromatic heterocycles. The molecule has 2 heterocycles. The number of para-hydroxylation sites is 1. The van der Waals surface area contributed by atoms with E-state index in [4.69, 9.17) is 4.74 Å². The summed E-state index contributed by atoms with van der Waals surface area (Å²) in [6.45, 7) is 1.99. The molecule has 0 radical (unpaired) electrons. The molecule has 0 amide bonds. The van der Waals surface area contributed by atoms with Crippen molar-refractivity contribution < 1.29 is 9.84 Å². The first-order chi connectivity index (χ1) is 10.3. The van der Waals surface area contributed by atoms with E-state index in [0.717, 1.165) is 28.6 Å². The number of nitrogens with zero attached hydrogens (tertiary/aromatic N) is 2. The number of aliphatic hydroxyl groups excluding tert-OH is 1. The van der Waals surface area contributed by atoms with Crippen molar-refractivity contribution in [3.63, 3.8) is 0 Å². The van der Waals surface area contributed by atoms with Gasteiger partial charge >= 0.3 is 0 Å². The van der Waals surface area contributed by atoms with Gasteiger partial charge in [-0.05, 0) is 30.2 Å². The van der Waals surface area contributed by atoms with Crippen LogP contribution in [0.1, 0.15) is 18.2 Å². The molecular formula is C17H16N2O2. The largest absolute Gasteiger partial charge is 0.437 e. The Bertz CT molecular complexity index is 749. The smallest absolute Gasteiger partial charge is 0.219 e. The highest BCUT2D eigenvalue weighted by Crippen LogP contribution is 2.24. The van der Waals surface area contributed by atoms with Gasteiger partial charge in [0.05, 0.1) is 18.3 Å². The van der Waals surface area contributed by atoms with Gasteiger partial charge in [0.2, 0.25) is 5.88 Å². The van der Waals surface area contributed by atoms with Gasteiger partial charge in [0.25, 0.3) is 0 Å². The minimum atomic E-state index is -0.0259. The molecule has 0 spiro atoms. The average Bonchev–Trinajstić information content (AvgIpc) is 2.54. The first-order valence-corrected chi connectivity index (χ1v) is 6.92. The number of hydrogen-bond acceptors (Lipinski definition) is 4. The molecule has 0 saturated heterocycles. The van der Waals surface area contributed by atoms with E-state index >= 15 is 0 Å². The minimum absolute atomic E-state index is 0.0259. The van der Waals surface area contributed by atoms with E-state index in [0.29, 0.717) is 11.6 Å². The van der Waals surface area contributed by atoms with E-state index in [1.807, 2.05) is 43.3 Å². The highest BCUT2D eigenvalue weighted by molar-refractivity contribution is 5.79. The Kier molecular flexibility index (Phi) is 3.79. The molecule has 0 aliphatic rings. The molecule has 1 aromatic carbocycles. The van der Waals surface area contributed by atoms with Crippen LogP contribution in [0.25, 0.3) is 10.9 Å². The van der Waals surface area contributed by atoms with Gasteiger partial charge in [0.1, 0.15) is 5.75 Å². The summed E-state index contributed by atoms with van der Waals surface area (Å²) in [7, 11) is 0. The predicted octanol–water partition coefficient (Wildman–Crippen LogP) is 3.48. The van der Waals surface area contributed by atoms with Gasteiger partial charge in [-0.15, -0.1) is 0 Å². The summed E-state index contributed by atoms with van der Waals surface area (Å²) >= 11 is 0. The molecule has 0 fully saturated rings. The van der Waals surface area contributed by atoms with Crippen LogP contribution in [0.4, 0.5) is 0 Å². The Balaban J connectivity index is 1.94. The van der Waals surface area contributed by atoms with Gasteiger partial charge < -0.3 is 9.84 Å². The first kappa shape index (κ1) is 13.5. The second-order valence-corrected chi connectivity index (χ2v) is 4.78. The van der Waals surface area contributed by atoms with Gasteiger partial charge in [0, 0.05) is 17.1 Å². The first-order valence-electron chi connectivity index (χ1n) is 6.92. The molecule has 0 bridgehead atoms. The fraction of sp³-hybridized carbons (Fsp3) is 0.176. The van der Waals surface area contributed by atoms with Crippen molar-refractivity contribution in [2.45, 2.75) is 20.0 Å². The molecule has 0 unspecified atom stereocenters. The molecular weight excluding hydrogens is 264 g/mol. The number of rotatable bonds is 4. The number of ether oxygens (including phenoxy) is 1. The quantitative estimate of drug-likeness (QED) is 0.795. The number of fused-ring (bicyclic) bond motifs is 1. The van der Waals surface area contributed by atoms with Crippen molar-refractivity contribution in [2.24, 2.45) is 0 Å². The monoisotopic (exact) mass is 280 g/mol. The van der Waals surface area contributed by atoms with Crippen LogP contribution in [0.5, 0.6) is 11.6 Å². The Labute approximate surface area is 123 Å². The van der Waals surface area contributed by atoms with E-state index in [-0.39, 0.29) is 6.61 Å². The molecule has 3 aromatic rings. The van der Waals surface area contributed by atoms with Crippen molar-refractivity contribution >= 4 is 10.9 Å². The van der Waals surface area contributed by atoms with Crippen LogP contribution < -0.4 is 4.74 Å². The standard InChI is InChI=1S/C17H16N2O2/c1-2-14-7-12(11-20)8-17(19-14)21-15-9-13-5-3-4-6-16(13)18-10-15/h3-10,20H,2,11H2,1H3. The third-order valence-corrected chi connectivity index (χ3v) is 3.25. The summed E-state index contributed by atoms with van der Waals surface area (Å²) in [6, 6.07) is 13.4. The molecule has 21 heavy (non-hydrogen) atoms. The van der Waals surface area contributed by atoms with E-state index in [9.17, 15) is 5.11 Å². The molecule has 0 atom stereocenters. The SMILES string of the molecule is CCc1cc(CO)cc(Oc2cnc3ccccc3c2)n1. The minimum Gasteiger partial charge on any atom is -0.437 e.